The summed E-state index contributed by atoms with van der Waals surface area (Å²) in [6, 6.07) is 20.7. The molecule has 0 saturated carbocycles. The van der Waals surface area contributed by atoms with Gasteiger partial charge in [0, 0.05) is 11.4 Å². The lowest BCUT2D eigenvalue weighted by Gasteiger charge is -2.14. The molecular formula is C22H24N2OS. The molecule has 3 nitrogen and oxygen atoms in total. The summed E-state index contributed by atoms with van der Waals surface area (Å²) in [5.41, 5.74) is 3.47. The zero-order chi connectivity index (χ0) is 18.4. The lowest BCUT2D eigenvalue weighted by molar-refractivity contribution is -0.119. The van der Waals surface area contributed by atoms with Crippen LogP contribution >= 0.6 is 11.8 Å². The van der Waals surface area contributed by atoms with E-state index >= 15 is 0 Å². The minimum Gasteiger partial charge on any atom is -0.353 e. The molecule has 1 N–H and O–H groups in total. The molecule has 0 bridgehead atoms. The number of nitrogens with one attached hydrogen (secondary N) is 1. The Morgan fingerprint density at radius 3 is 2.65 bits per heavy atom. The average molecular weight is 365 g/mol. The van der Waals surface area contributed by atoms with Crippen LogP contribution in [0.4, 0.5) is 0 Å². The fourth-order valence-corrected chi connectivity index (χ4v) is 3.73. The van der Waals surface area contributed by atoms with Gasteiger partial charge in [-0.1, -0.05) is 60.3 Å². The first-order chi connectivity index (χ1) is 12.6. The second-order valence-electron chi connectivity index (χ2n) is 6.58. The molecule has 3 rings (SSSR count). The van der Waals surface area contributed by atoms with Crippen LogP contribution in [-0.2, 0) is 11.2 Å². The number of amides is 1. The van der Waals surface area contributed by atoms with E-state index in [1.54, 1.807) is 0 Å². The van der Waals surface area contributed by atoms with Crippen molar-refractivity contribution in [3.05, 3.63) is 71.8 Å². The number of fused-ring (bicyclic) bond motifs is 1. The van der Waals surface area contributed by atoms with Gasteiger partial charge >= 0.3 is 0 Å². The number of para-hydroxylation sites is 1. The van der Waals surface area contributed by atoms with Crippen LogP contribution in [0.1, 0.15) is 24.5 Å². The summed E-state index contributed by atoms with van der Waals surface area (Å²) in [4.78, 5) is 16.9. The standard InChI is InChI=1S/C22H24N2OS/c1-16-14-22(24-20-11-7-6-10-19(16)20)26-15-21(25)23-17(2)12-13-18-8-4-3-5-9-18/h3-11,14,17H,12-13,15H2,1-2H3,(H,23,25). The summed E-state index contributed by atoms with van der Waals surface area (Å²) in [6.07, 6.45) is 1.91. The molecule has 134 valence electrons. The molecule has 26 heavy (non-hydrogen) atoms. The number of nitrogens with zero attached hydrogens (tertiary/aromatic N) is 1. The molecule has 4 heteroatoms. The Balaban J connectivity index is 1.49. The van der Waals surface area contributed by atoms with E-state index in [2.05, 4.69) is 48.4 Å². The minimum absolute atomic E-state index is 0.0585. The van der Waals surface area contributed by atoms with E-state index in [9.17, 15) is 4.79 Å². The van der Waals surface area contributed by atoms with Gasteiger partial charge in [0.1, 0.15) is 0 Å². The van der Waals surface area contributed by atoms with Crippen LogP contribution in [0, 0.1) is 6.92 Å². The summed E-state index contributed by atoms with van der Waals surface area (Å²) in [5.74, 6) is 0.448. The van der Waals surface area contributed by atoms with E-state index in [-0.39, 0.29) is 11.9 Å². The number of aromatic nitrogens is 1. The van der Waals surface area contributed by atoms with Gasteiger partial charge in [-0.3, -0.25) is 4.79 Å². The second kappa shape index (κ2) is 8.86. The number of hydrogen-bond acceptors (Lipinski definition) is 3. The maximum Gasteiger partial charge on any atom is 0.230 e. The quantitative estimate of drug-likeness (QED) is 0.614. The van der Waals surface area contributed by atoms with Gasteiger partial charge in [0.05, 0.1) is 16.3 Å². The number of carbonyl (C=O) groups excluding carboxylic acids is 1. The van der Waals surface area contributed by atoms with Gasteiger partial charge in [-0.25, -0.2) is 4.98 Å². The molecular weight excluding hydrogens is 340 g/mol. The molecule has 1 amide bonds. The molecule has 1 atom stereocenters. The molecule has 0 spiro atoms. The first kappa shape index (κ1) is 18.5. The molecule has 0 aliphatic carbocycles. The van der Waals surface area contributed by atoms with Crippen LogP contribution < -0.4 is 5.32 Å². The largest absolute Gasteiger partial charge is 0.353 e. The monoisotopic (exact) mass is 364 g/mol. The zero-order valence-corrected chi connectivity index (χ0v) is 16.1. The lowest BCUT2D eigenvalue weighted by atomic mass is 10.1. The van der Waals surface area contributed by atoms with E-state index in [0.717, 1.165) is 28.8 Å². The molecule has 1 heterocycles. The highest BCUT2D eigenvalue weighted by molar-refractivity contribution is 7.99. The Labute approximate surface area is 159 Å². The molecule has 0 fully saturated rings. The molecule has 0 saturated heterocycles. The minimum atomic E-state index is 0.0585. The summed E-state index contributed by atoms with van der Waals surface area (Å²) in [5, 5.41) is 5.14. The number of rotatable bonds is 7. The van der Waals surface area contributed by atoms with Crippen molar-refractivity contribution in [2.24, 2.45) is 0 Å². The summed E-state index contributed by atoms with van der Waals surface area (Å²) in [7, 11) is 0. The third-order valence-corrected chi connectivity index (χ3v) is 5.28. The number of aryl methyl sites for hydroxylation is 2. The van der Waals surface area contributed by atoms with Crippen LogP contribution in [-0.4, -0.2) is 22.7 Å². The Bertz CT molecular complexity index is 880. The SMILES string of the molecule is Cc1cc(SCC(=O)NC(C)CCc2ccccc2)nc2ccccc12. The molecule has 0 radical (unpaired) electrons. The number of pyridine rings is 1. The van der Waals surface area contributed by atoms with Crippen molar-refractivity contribution >= 4 is 28.6 Å². The van der Waals surface area contributed by atoms with Crippen LogP contribution in [0.15, 0.2) is 65.7 Å². The van der Waals surface area contributed by atoms with Gasteiger partial charge in [-0.2, -0.15) is 0 Å². The van der Waals surface area contributed by atoms with Crippen molar-refractivity contribution in [3.8, 4) is 0 Å². The zero-order valence-electron chi connectivity index (χ0n) is 15.2. The van der Waals surface area contributed by atoms with E-state index in [0.29, 0.717) is 5.75 Å². The summed E-state index contributed by atoms with van der Waals surface area (Å²) in [6.45, 7) is 4.14. The van der Waals surface area contributed by atoms with Gasteiger partial charge in [-0.05, 0) is 49.9 Å². The Morgan fingerprint density at radius 2 is 1.85 bits per heavy atom. The predicted molar refractivity (Wildman–Crippen MR) is 110 cm³/mol. The van der Waals surface area contributed by atoms with Crippen molar-refractivity contribution in [3.63, 3.8) is 0 Å². The summed E-state index contributed by atoms with van der Waals surface area (Å²) < 4.78 is 0. The average Bonchev–Trinajstić information content (AvgIpc) is 2.66. The predicted octanol–water partition coefficient (Wildman–Crippen LogP) is 4.77. The van der Waals surface area contributed by atoms with Gasteiger partial charge in [0.15, 0.2) is 0 Å². The Morgan fingerprint density at radius 1 is 1.12 bits per heavy atom. The maximum absolute atomic E-state index is 12.2. The number of thioether (sulfide) groups is 1. The Hall–Kier alpha value is -2.33. The van der Waals surface area contributed by atoms with Crippen LogP contribution in [0.3, 0.4) is 0 Å². The van der Waals surface area contributed by atoms with Crippen LogP contribution in [0.5, 0.6) is 0 Å². The Kier molecular flexibility index (Phi) is 6.29. The number of benzene rings is 2. The van der Waals surface area contributed by atoms with Crippen LogP contribution in [0.25, 0.3) is 10.9 Å². The molecule has 1 aromatic heterocycles. The highest BCUT2D eigenvalue weighted by Crippen LogP contribution is 2.23. The van der Waals surface area contributed by atoms with Gasteiger partial charge in [0.2, 0.25) is 5.91 Å². The third-order valence-electron chi connectivity index (χ3n) is 4.37. The third kappa shape index (κ3) is 5.09. The lowest BCUT2D eigenvalue weighted by Crippen LogP contribution is -2.34. The van der Waals surface area contributed by atoms with Crippen molar-refractivity contribution in [2.45, 2.75) is 37.8 Å². The molecule has 0 aliphatic rings. The van der Waals surface area contributed by atoms with Crippen LogP contribution in [0.2, 0.25) is 0 Å². The number of carbonyl (C=O) groups is 1. The first-order valence-corrected chi connectivity index (χ1v) is 9.93. The van der Waals surface area contributed by atoms with E-state index in [1.807, 2.05) is 36.4 Å². The van der Waals surface area contributed by atoms with Crippen molar-refractivity contribution in [1.82, 2.24) is 10.3 Å². The van der Waals surface area contributed by atoms with E-state index in [1.165, 1.54) is 22.9 Å². The van der Waals surface area contributed by atoms with Crippen molar-refractivity contribution in [2.75, 3.05) is 5.75 Å². The highest BCUT2D eigenvalue weighted by atomic mass is 32.2. The molecule has 1 unspecified atom stereocenters. The maximum atomic E-state index is 12.2. The highest BCUT2D eigenvalue weighted by Gasteiger charge is 2.10. The van der Waals surface area contributed by atoms with E-state index in [4.69, 9.17) is 0 Å². The molecule has 3 aromatic rings. The van der Waals surface area contributed by atoms with Gasteiger partial charge in [-0.15, -0.1) is 0 Å². The normalized spacial score (nSPS) is 12.1. The molecule has 0 aliphatic heterocycles. The van der Waals surface area contributed by atoms with Gasteiger partial charge < -0.3 is 5.32 Å². The first-order valence-electron chi connectivity index (χ1n) is 8.94. The van der Waals surface area contributed by atoms with Crippen molar-refractivity contribution < 1.29 is 4.79 Å². The van der Waals surface area contributed by atoms with E-state index < -0.39 is 0 Å². The fraction of sp³-hybridized carbons (Fsp3) is 0.273. The summed E-state index contributed by atoms with van der Waals surface area (Å²) >= 11 is 1.49. The number of hydrogen-bond donors (Lipinski definition) is 1. The smallest absolute Gasteiger partial charge is 0.230 e. The van der Waals surface area contributed by atoms with Gasteiger partial charge in [0.25, 0.3) is 0 Å². The fourth-order valence-electron chi connectivity index (χ4n) is 2.95. The van der Waals surface area contributed by atoms with Crippen molar-refractivity contribution in [1.29, 1.82) is 0 Å². The topological polar surface area (TPSA) is 42.0 Å². The second-order valence-corrected chi connectivity index (χ2v) is 7.57. The molecule has 2 aromatic carbocycles.